The molecule has 0 fully saturated rings. The number of rotatable bonds is 24. The molecule has 0 aliphatic rings. The van der Waals surface area contributed by atoms with Crippen LogP contribution in [0.2, 0.25) is 0 Å². The maximum Gasteiger partial charge on any atom is 0.472 e. The van der Waals surface area contributed by atoms with Crippen LogP contribution in [0.25, 0.3) is 0 Å². The fraction of sp³-hybridized carbons (Fsp3) is 1.00. The van der Waals surface area contributed by atoms with Crippen LogP contribution >= 0.6 is 7.82 Å². The second-order valence-electron chi connectivity index (χ2n) is 12.9. The van der Waals surface area contributed by atoms with Crippen LogP contribution in [0.1, 0.15) is 105 Å². The fourth-order valence-corrected chi connectivity index (χ4v) is 6.62. The Morgan fingerprint density at radius 1 is 0.676 bits per heavy atom. The van der Waals surface area contributed by atoms with Gasteiger partial charge in [0, 0.05) is 0 Å². The summed E-state index contributed by atoms with van der Waals surface area (Å²) in [6.07, 6.45) is 12.3. The summed E-state index contributed by atoms with van der Waals surface area (Å²) in [5.74, 6) is 2.88. The number of phosphoric acid groups is 1. The van der Waals surface area contributed by atoms with Gasteiger partial charge in [-0.25, -0.2) is 13.0 Å². The predicted octanol–water partition coefficient (Wildman–Crippen LogP) is 7.10. The van der Waals surface area contributed by atoms with E-state index >= 15 is 0 Å². The summed E-state index contributed by atoms with van der Waals surface area (Å²) in [5, 5.41) is 0. The molecule has 0 aromatic heterocycles. The maximum absolute atomic E-state index is 12.4. The van der Waals surface area contributed by atoms with E-state index in [0.717, 1.165) is 30.6 Å². The second kappa shape index (κ2) is 19.2. The highest BCUT2D eigenvalue weighted by molar-refractivity contribution is 7.91. The summed E-state index contributed by atoms with van der Waals surface area (Å²) >= 11 is 0. The minimum Gasteiger partial charge on any atom is -0.329 e. The van der Waals surface area contributed by atoms with E-state index in [2.05, 4.69) is 34.6 Å². The molecule has 0 heterocycles. The van der Waals surface area contributed by atoms with Crippen LogP contribution in [0.5, 0.6) is 0 Å². The SMILES string of the molecule is CC(C)CCCC(C)CCCC(C)CCCC(C)CCS(=O)(=O)CCCOP(=O)(O)OCC[N+](C)(C)C. The van der Waals surface area contributed by atoms with Gasteiger partial charge in [-0.15, -0.1) is 0 Å². The van der Waals surface area contributed by atoms with Gasteiger partial charge in [0.05, 0.1) is 39.3 Å². The number of nitrogens with zero attached hydrogens (tertiary/aromatic N) is 1. The highest BCUT2D eigenvalue weighted by Gasteiger charge is 2.23. The molecule has 0 amide bonds. The molecule has 0 saturated carbocycles. The van der Waals surface area contributed by atoms with Gasteiger partial charge in [0.25, 0.3) is 0 Å². The van der Waals surface area contributed by atoms with Crippen LogP contribution in [-0.2, 0) is 23.4 Å². The summed E-state index contributed by atoms with van der Waals surface area (Å²) in [6, 6.07) is 0. The number of sulfone groups is 1. The van der Waals surface area contributed by atoms with Gasteiger partial charge in [0.1, 0.15) is 23.0 Å². The highest BCUT2D eigenvalue weighted by Crippen LogP contribution is 2.43. The summed E-state index contributed by atoms with van der Waals surface area (Å²) in [5.41, 5.74) is 0. The molecule has 0 aromatic carbocycles. The van der Waals surface area contributed by atoms with E-state index in [1.807, 2.05) is 21.1 Å². The van der Waals surface area contributed by atoms with Gasteiger partial charge in [-0.05, 0) is 36.5 Å². The van der Waals surface area contributed by atoms with E-state index in [1.54, 1.807) is 0 Å². The van der Waals surface area contributed by atoms with Crippen molar-refractivity contribution in [3.63, 3.8) is 0 Å². The number of hydrogen-bond acceptors (Lipinski definition) is 5. The number of quaternary nitrogens is 1. The fourth-order valence-electron chi connectivity index (χ4n) is 4.35. The van der Waals surface area contributed by atoms with Crippen LogP contribution in [-0.4, -0.2) is 70.2 Å². The minimum atomic E-state index is -4.14. The van der Waals surface area contributed by atoms with E-state index in [4.69, 9.17) is 9.05 Å². The van der Waals surface area contributed by atoms with Crippen molar-refractivity contribution in [2.75, 3.05) is 52.4 Å². The van der Waals surface area contributed by atoms with Crippen molar-refractivity contribution in [3.05, 3.63) is 0 Å². The average Bonchev–Trinajstić information content (AvgIpc) is 2.74. The lowest BCUT2D eigenvalue weighted by Crippen LogP contribution is -2.37. The van der Waals surface area contributed by atoms with Crippen LogP contribution in [0.4, 0.5) is 0 Å². The molecule has 0 bridgehead atoms. The Hall–Kier alpha value is 0.0200. The first kappa shape index (κ1) is 37.0. The molecule has 9 heteroatoms. The zero-order valence-corrected chi connectivity index (χ0v) is 27.1. The number of hydrogen-bond donors (Lipinski definition) is 1. The topological polar surface area (TPSA) is 89.9 Å². The molecule has 224 valence electrons. The monoisotopic (exact) mass is 570 g/mol. The molecular formula is C28H61NO6PS+. The van der Waals surface area contributed by atoms with Crippen LogP contribution in [0.3, 0.4) is 0 Å². The third-order valence-electron chi connectivity index (χ3n) is 7.06. The van der Waals surface area contributed by atoms with Crippen molar-refractivity contribution >= 4 is 17.7 Å². The van der Waals surface area contributed by atoms with Gasteiger partial charge in [0.2, 0.25) is 0 Å². The molecule has 0 aromatic rings. The van der Waals surface area contributed by atoms with E-state index in [-0.39, 0.29) is 31.1 Å². The first-order valence-electron chi connectivity index (χ1n) is 14.6. The number of phosphoric ester groups is 1. The van der Waals surface area contributed by atoms with Gasteiger partial charge in [-0.2, -0.15) is 0 Å². The molecule has 4 atom stereocenters. The minimum absolute atomic E-state index is 0.0362. The van der Waals surface area contributed by atoms with Gasteiger partial charge in [-0.1, -0.05) is 92.4 Å². The average molecular weight is 571 g/mol. The van der Waals surface area contributed by atoms with Crippen molar-refractivity contribution in [2.45, 2.75) is 105 Å². The van der Waals surface area contributed by atoms with Crippen molar-refractivity contribution in [2.24, 2.45) is 23.7 Å². The van der Waals surface area contributed by atoms with Crippen molar-refractivity contribution in [1.82, 2.24) is 0 Å². The molecule has 4 unspecified atom stereocenters. The molecule has 37 heavy (non-hydrogen) atoms. The van der Waals surface area contributed by atoms with Crippen molar-refractivity contribution < 1.29 is 31.4 Å². The summed E-state index contributed by atoms with van der Waals surface area (Å²) in [7, 11) is -1.47. The molecule has 7 nitrogen and oxygen atoms in total. The third-order valence-corrected chi connectivity index (χ3v) is 9.84. The Balaban J connectivity index is 3.94. The smallest absolute Gasteiger partial charge is 0.329 e. The van der Waals surface area contributed by atoms with E-state index in [0.29, 0.717) is 23.4 Å². The van der Waals surface area contributed by atoms with Gasteiger partial charge in [0.15, 0.2) is 0 Å². The molecule has 0 radical (unpaired) electrons. The predicted molar refractivity (Wildman–Crippen MR) is 156 cm³/mol. The first-order valence-corrected chi connectivity index (χ1v) is 18.0. The van der Waals surface area contributed by atoms with E-state index in [1.165, 1.54) is 44.9 Å². The summed E-state index contributed by atoms with van der Waals surface area (Å²) < 4.78 is 47.1. The normalized spacial score (nSPS) is 17.0. The second-order valence-corrected chi connectivity index (χ2v) is 16.7. The maximum atomic E-state index is 12.4. The zero-order chi connectivity index (χ0) is 28.5. The van der Waals surface area contributed by atoms with E-state index < -0.39 is 17.7 Å². The standard InChI is InChI=1S/C28H60NO6PS/c1-25(2)13-9-14-26(3)15-10-16-27(4)17-11-18-28(5)19-24-37(32,33)23-12-21-34-36(30,31)35-22-20-29(6,7)8/h25-28H,9-24H2,1-8H3/p+1. The van der Waals surface area contributed by atoms with Crippen molar-refractivity contribution in [1.29, 1.82) is 0 Å². The Kier molecular flexibility index (Phi) is 19.2. The summed E-state index contributed by atoms with van der Waals surface area (Å²) in [4.78, 5) is 9.71. The van der Waals surface area contributed by atoms with Crippen LogP contribution < -0.4 is 0 Å². The largest absolute Gasteiger partial charge is 0.472 e. The lowest BCUT2D eigenvalue weighted by atomic mass is 9.91. The molecular weight excluding hydrogens is 509 g/mol. The van der Waals surface area contributed by atoms with Crippen molar-refractivity contribution in [3.8, 4) is 0 Å². The first-order chi connectivity index (χ1) is 17.0. The molecule has 0 spiro atoms. The Bertz CT molecular complexity index is 723. The molecule has 0 rings (SSSR count). The Labute approximate surface area is 230 Å². The van der Waals surface area contributed by atoms with Gasteiger partial charge in [-0.3, -0.25) is 9.05 Å². The Morgan fingerprint density at radius 2 is 1.11 bits per heavy atom. The molecule has 0 aliphatic heterocycles. The highest BCUT2D eigenvalue weighted by atomic mass is 32.2. The number of likely N-dealkylation sites (N-methyl/N-ethyl adjacent to an activating group) is 1. The van der Waals surface area contributed by atoms with Crippen LogP contribution in [0.15, 0.2) is 0 Å². The lowest BCUT2D eigenvalue weighted by Gasteiger charge is -2.24. The third kappa shape index (κ3) is 24.8. The van der Waals surface area contributed by atoms with Crippen LogP contribution in [0, 0.1) is 23.7 Å². The summed E-state index contributed by atoms with van der Waals surface area (Å²) in [6.45, 7) is 12.0. The zero-order valence-electron chi connectivity index (χ0n) is 25.4. The Morgan fingerprint density at radius 3 is 1.57 bits per heavy atom. The van der Waals surface area contributed by atoms with E-state index in [9.17, 15) is 17.9 Å². The quantitative estimate of drug-likeness (QED) is 0.0756. The molecule has 1 N–H and O–H groups in total. The molecule has 0 saturated heterocycles. The lowest BCUT2D eigenvalue weighted by molar-refractivity contribution is -0.870. The van der Waals surface area contributed by atoms with Gasteiger partial charge >= 0.3 is 7.82 Å². The molecule has 0 aliphatic carbocycles. The van der Waals surface area contributed by atoms with Gasteiger partial charge < -0.3 is 9.38 Å².